The number of allylic oxidation sites excluding steroid dienone is 2. The van der Waals surface area contributed by atoms with Gasteiger partial charge in [-0.15, -0.1) is 0 Å². The molecule has 4 nitrogen and oxygen atoms in total. The maximum Gasteiger partial charge on any atom is 0.252 e. The average molecular weight is 1450 g/mol. The quantitative estimate of drug-likeness (QED) is 0.0947. The van der Waals surface area contributed by atoms with Crippen molar-refractivity contribution in [2.75, 3.05) is 14.7 Å². The van der Waals surface area contributed by atoms with Crippen LogP contribution in [0.15, 0.2) is 419 Å². The summed E-state index contributed by atoms with van der Waals surface area (Å²) in [5, 5.41) is 9.68. The molecule has 0 N–H and O–H groups in total. The zero-order valence-corrected chi connectivity index (χ0v) is 62.8. The van der Waals surface area contributed by atoms with Gasteiger partial charge in [-0.1, -0.05) is 370 Å². The van der Waals surface area contributed by atoms with Crippen molar-refractivity contribution < 1.29 is 0 Å². The van der Waals surface area contributed by atoms with Crippen LogP contribution >= 0.6 is 0 Å². The molecule has 2 atom stereocenters. The number of hydrogen-bond donors (Lipinski definition) is 0. The number of rotatable bonds is 11. The minimum Gasteiger partial charge on any atom is -0.333 e. The number of benzene rings is 18. The first-order valence-corrected chi connectivity index (χ1v) is 39.8. The molecule has 0 radical (unpaired) electrons. The molecule has 0 saturated heterocycles. The highest BCUT2D eigenvalue weighted by Gasteiger charge is 2.49. The molecular formula is C109H73BN4. The minimum atomic E-state index is -0.294. The Balaban J connectivity index is 0.858. The lowest BCUT2D eigenvalue weighted by Crippen LogP contribution is -2.61. The van der Waals surface area contributed by atoms with Crippen LogP contribution in [0, 0.1) is 0 Å². The van der Waals surface area contributed by atoms with Gasteiger partial charge in [0.15, 0.2) is 0 Å². The molecule has 0 amide bonds. The summed E-state index contributed by atoms with van der Waals surface area (Å²) in [4.78, 5) is 8.06. The van der Waals surface area contributed by atoms with Crippen molar-refractivity contribution in [3.8, 4) is 83.6 Å². The monoisotopic (exact) mass is 1450 g/mol. The Kier molecular flexibility index (Phi) is 15.0. The standard InChI is InChI=1S/C109H73BN4/c1-109-66-27-26-57-103(109)112(98-56-25-22-53-93(98)109)79-63-65-95-100(68-79)114(108-85(74-35-10-4-11-36-74)51-30-52-86(108)75-37-12-5-13-38-75)102-70-80(111-96-54-23-20-42-87(96)88-43-21-24-55-97(88)111)69-101-106(102)110(95)94-64-62-78(67-99(94)113(101)107-83(72-31-6-2-7-32-72)49-29-50-84(107)73-33-8-3-9-34-73)105-91-46-18-16-44-89(91)104(90-45-17-19-47-92(90)105)77-60-58-76(59-61-77)82-48-28-40-71-39-14-15-41-81(71)82/h2-70,103H,1H3. The number of hydrogen-bond acceptors (Lipinski definition) is 3. The minimum absolute atomic E-state index is 0.0145. The third kappa shape index (κ3) is 9.98. The fourth-order valence-corrected chi connectivity index (χ4v) is 20.0. The van der Waals surface area contributed by atoms with Crippen LogP contribution in [0.5, 0.6) is 0 Å². The third-order valence-corrected chi connectivity index (χ3v) is 25.0. The Morgan fingerprint density at radius 1 is 0.281 bits per heavy atom. The van der Waals surface area contributed by atoms with Crippen molar-refractivity contribution >= 4 is 123 Å². The summed E-state index contributed by atoms with van der Waals surface area (Å²) < 4.78 is 2.55. The largest absolute Gasteiger partial charge is 0.333 e. The molecule has 0 spiro atoms. The highest BCUT2D eigenvalue weighted by atomic mass is 15.2. The second-order valence-electron chi connectivity index (χ2n) is 31.1. The van der Waals surface area contributed by atoms with Crippen LogP contribution in [-0.4, -0.2) is 17.3 Å². The third-order valence-electron chi connectivity index (χ3n) is 25.0. The molecule has 0 fully saturated rings. The summed E-state index contributed by atoms with van der Waals surface area (Å²) in [6.45, 7) is 2.12. The number of anilines is 8. The van der Waals surface area contributed by atoms with Crippen LogP contribution in [0.2, 0.25) is 0 Å². The van der Waals surface area contributed by atoms with Gasteiger partial charge < -0.3 is 19.3 Å². The molecule has 5 heteroatoms. The zero-order chi connectivity index (χ0) is 75.1. The Hall–Kier alpha value is -14.5. The molecule has 1 aromatic heterocycles. The fraction of sp³-hybridized carbons (Fsp3) is 0.0275. The lowest BCUT2D eigenvalue weighted by atomic mass is 9.33. The van der Waals surface area contributed by atoms with Crippen molar-refractivity contribution in [1.82, 2.24) is 4.57 Å². The number of aromatic nitrogens is 1. The molecule has 3 aliphatic heterocycles. The smallest absolute Gasteiger partial charge is 0.252 e. The van der Waals surface area contributed by atoms with Crippen LogP contribution < -0.4 is 31.1 Å². The number of fused-ring (bicyclic) bond motifs is 13. The number of para-hydroxylation sites is 5. The molecule has 1 aliphatic carbocycles. The summed E-state index contributed by atoms with van der Waals surface area (Å²) >= 11 is 0. The summed E-state index contributed by atoms with van der Waals surface area (Å²) in [6.07, 6.45) is 9.32. The lowest BCUT2D eigenvalue weighted by Gasteiger charge is -2.46. The second-order valence-corrected chi connectivity index (χ2v) is 31.1. The molecular weight excluding hydrogens is 1380 g/mol. The molecule has 114 heavy (non-hydrogen) atoms. The maximum atomic E-state index is 2.72. The molecule has 18 aromatic carbocycles. The Morgan fingerprint density at radius 2 is 0.675 bits per heavy atom. The second kappa shape index (κ2) is 26.1. The van der Waals surface area contributed by atoms with E-state index in [4.69, 9.17) is 0 Å². The summed E-state index contributed by atoms with van der Waals surface area (Å²) in [5.41, 5.74) is 33.1. The molecule has 0 bridgehead atoms. The molecule has 4 aliphatic rings. The lowest BCUT2D eigenvalue weighted by molar-refractivity contribution is 0.551. The van der Waals surface area contributed by atoms with Crippen molar-refractivity contribution in [1.29, 1.82) is 0 Å². The summed E-state index contributed by atoms with van der Waals surface area (Å²) in [5.74, 6) is 0. The molecule has 532 valence electrons. The van der Waals surface area contributed by atoms with Gasteiger partial charge in [0.05, 0.1) is 34.1 Å². The molecule has 0 saturated carbocycles. The molecule has 19 aromatic rings. The highest BCUT2D eigenvalue weighted by Crippen LogP contribution is 2.57. The predicted molar refractivity (Wildman–Crippen MR) is 483 cm³/mol. The van der Waals surface area contributed by atoms with E-state index < -0.39 is 0 Å². The Bertz CT molecular complexity index is 6970. The maximum absolute atomic E-state index is 2.72. The van der Waals surface area contributed by atoms with Crippen molar-refractivity contribution in [2.45, 2.75) is 18.4 Å². The van der Waals surface area contributed by atoms with E-state index >= 15 is 0 Å². The van der Waals surface area contributed by atoms with Crippen molar-refractivity contribution in [3.63, 3.8) is 0 Å². The topological polar surface area (TPSA) is 14.7 Å². The first-order chi connectivity index (χ1) is 56.5. The van der Waals surface area contributed by atoms with Gasteiger partial charge in [0.2, 0.25) is 0 Å². The van der Waals surface area contributed by atoms with Crippen LogP contribution in [0.4, 0.5) is 45.5 Å². The van der Waals surface area contributed by atoms with Crippen molar-refractivity contribution in [3.05, 3.63) is 424 Å². The highest BCUT2D eigenvalue weighted by molar-refractivity contribution is 7.00. The van der Waals surface area contributed by atoms with Gasteiger partial charge in [-0.2, -0.15) is 0 Å². The van der Waals surface area contributed by atoms with Crippen LogP contribution in [-0.2, 0) is 5.41 Å². The van der Waals surface area contributed by atoms with E-state index in [2.05, 4.69) is 445 Å². The van der Waals surface area contributed by atoms with E-state index in [0.29, 0.717) is 0 Å². The van der Waals surface area contributed by atoms with E-state index in [1.807, 2.05) is 0 Å². The van der Waals surface area contributed by atoms with E-state index in [1.54, 1.807) is 0 Å². The van der Waals surface area contributed by atoms with E-state index in [1.165, 1.54) is 98.5 Å². The van der Waals surface area contributed by atoms with Crippen LogP contribution in [0.3, 0.4) is 0 Å². The Morgan fingerprint density at radius 3 is 1.22 bits per heavy atom. The first kappa shape index (κ1) is 65.4. The Labute approximate surface area is 663 Å². The van der Waals surface area contributed by atoms with Crippen LogP contribution in [0.1, 0.15) is 12.5 Å². The number of nitrogens with zero attached hydrogens (tertiary/aromatic N) is 4. The average Bonchev–Trinajstić information content (AvgIpc) is 0.803. The van der Waals surface area contributed by atoms with Gasteiger partial charge in [0, 0.05) is 72.6 Å². The van der Waals surface area contributed by atoms with Gasteiger partial charge in [0.1, 0.15) is 0 Å². The molecule has 4 heterocycles. The summed E-state index contributed by atoms with van der Waals surface area (Å²) in [7, 11) is 0. The SMILES string of the molecule is CC12C=CC=CC1N(c1ccc3c(c1)N(c1c(-c4ccccc4)cccc1-c1ccccc1)c1cc(-n4c5ccccc5c5ccccc54)cc4c1B3c1ccc(-c3c5ccccc5c(-c5ccc(-c6cccc7ccccc67)cc5)c5ccccc35)cc1N4c1c(-c3ccccc3)cccc1-c1ccccc1)c1ccccc12. The van der Waals surface area contributed by atoms with E-state index in [9.17, 15) is 0 Å². The summed E-state index contributed by atoms with van der Waals surface area (Å²) in [6, 6.07) is 149. The van der Waals surface area contributed by atoms with Crippen molar-refractivity contribution in [2.24, 2.45) is 0 Å². The predicted octanol–water partition coefficient (Wildman–Crippen LogP) is 26.9. The van der Waals surface area contributed by atoms with Gasteiger partial charge in [-0.25, -0.2) is 0 Å². The van der Waals surface area contributed by atoms with E-state index in [-0.39, 0.29) is 18.2 Å². The van der Waals surface area contributed by atoms with Gasteiger partial charge in [-0.05, 0) is 165 Å². The van der Waals surface area contributed by atoms with Gasteiger partial charge >= 0.3 is 0 Å². The van der Waals surface area contributed by atoms with Crippen LogP contribution in [0.25, 0.3) is 138 Å². The molecule has 2 unspecified atom stereocenters. The van der Waals surface area contributed by atoms with Gasteiger partial charge in [-0.3, -0.25) is 0 Å². The van der Waals surface area contributed by atoms with Gasteiger partial charge in [0.25, 0.3) is 6.71 Å². The fourth-order valence-electron chi connectivity index (χ4n) is 20.0. The zero-order valence-electron chi connectivity index (χ0n) is 62.8. The first-order valence-electron chi connectivity index (χ1n) is 39.8. The van der Waals surface area contributed by atoms with E-state index in [0.717, 1.165) is 107 Å². The molecule has 23 rings (SSSR count). The normalized spacial score (nSPS) is 15.0.